The lowest BCUT2D eigenvalue weighted by atomic mass is 10.1. The molecule has 0 saturated heterocycles. The van der Waals surface area contributed by atoms with E-state index in [1.165, 1.54) is 11.3 Å². The average Bonchev–Trinajstić information content (AvgIpc) is 2.65. The molecule has 3 N–H and O–H groups in total. The molecule has 94 valence electrons. The molecule has 0 aliphatic heterocycles. The highest BCUT2D eigenvalue weighted by molar-refractivity contribution is 7.07. The molecule has 7 heteroatoms. The molecule has 0 bridgehead atoms. The summed E-state index contributed by atoms with van der Waals surface area (Å²) in [5, 5.41) is 4.65. The maximum absolute atomic E-state index is 11.4. The number of rotatable bonds is 4. The van der Waals surface area contributed by atoms with Gasteiger partial charge in [-0.05, 0) is 5.92 Å². The predicted molar refractivity (Wildman–Crippen MR) is 71.3 cm³/mol. The maximum Gasteiger partial charge on any atom is 0.237 e. The van der Waals surface area contributed by atoms with Gasteiger partial charge in [-0.15, -0.1) is 36.2 Å². The zero-order chi connectivity index (χ0) is 10.6. The van der Waals surface area contributed by atoms with Gasteiger partial charge in [-0.3, -0.25) is 4.79 Å². The van der Waals surface area contributed by atoms with Crippen LogP contribution in [0.1, 0.15) is 19.5 Å². The van der Waals surface area contributed by atoms with Gasteiger partial charge in [0.1, 0.15) is 0 Å². The second-order valence-electron chi connectivity index (χ2n) is 3.47. The molecule has 0 saturated carbocycles. The minimum Gasteiger partial charge on any atom is -0.349 e. The Morgan fingerprint density at radius 2 is 2.19 bits per heavy atom. The second-order valence-corrected chi connectivity index (χ2v) is 4.19. The third kappa shape index (κ3) is 5.65. The lowest BCUT2D eigenvalue weighted by molar-refractivity contribution is -0.123. The smallest absolute Gasteiger partial charge is 0.237 e. The van der Waals surface area contributed by atoms with Crippen LogP contribution in [0, 0.1) is 5.92 Å². The van der Waals surface area contributed by atoms with Gasteiger partial charge in [0.25, 0.3) is 0 Å². The first-order valence-electron chi connectivity index (χ1n) is 4.51. The van der Waals surface area contributed by atoms with Crippen LogP contribution in [0.3, 0.4) is 0 Å². The van der Waals surface area contributed by atoms with E-state index in [2.05, 4.69) is 10.3 Å². The van der Waals surface area contributed by atoms with Gasteiger partial charge in [-0.25, -0.2) is 4.98 Å². The topological polar surface area (TPSA) is 68.0 Å². The molecular weight excluding hydrogens is 269 g/mol. The number of halogens is 2. The minimum absolute atomic E-state index is 0. The standard InChI is InChI=1S/C9H15N3OS.2ClH/c1-6(2)8(10)9(13)11-3-7-4-14-5-12-7;;/h4-6,8H,3,10H2,1-2H3,(H,11,13);2*1H/t8-;;/m0../s1. The Hall–Kier alpha value is -0.360. The molecule has 1 atom stereocenters. The molecule has 0 fully saturated rings. The summed E-state index contributed by atoms with van der Waals surface area (Å²) in [6.45, 7) is 4.31. The Bertz CT molecular complexity index is 293. The fraction of sp³-hybridized carbons (Fsp3) is 0.556. The number of carbonyl (C=O) groups excluding carboxylic acids is 1. The Labute approximate surface area is 112 Å². The molecule has 16 heavy (non-hydrogen) atoms. The fourth-order valence-electron chi connectivity index (χ4n) is 0.923. The van der Waals surface area contributed by atoms with Crippen molar-refractivity contribution in [2.75, 3.05) is 0 Å². The number of hydrogen-bond acceptors (Lipinski definition) is 4. The number of amides is 1. The number of nitrogens with zero attached hydrogens (tertiary/aromatic N) is 1. The van der Waals surface area contributed by atoms with Crippen molar-refractivity contribution in [2.24, 2.45) is 11.7 Å². The van der Waals surface area contributed by atoms with E-state index in [0.29, 0.717) is 6.54 Å². The van der Waals surface area contributed by atoms with Crippen LogP contribution < -0.4 is 11.1 Å². The van der Waals surface area contributed by atoms with Crippen molar-refractivity contribution in [3.05, 3.63) is 16.6 Å². The van der Waals surface area contributed by atoms with E-state index in [1.54, 1.807) is 5.51 Å². The van der Waals surface area contributed by atoms with E-state index in [0.717, 1.165) is 5.69 Å². The van der Waals surface area contributed by atoms with Crippen LogP contribution in [0.5, 0.6) is 0 Å². The van der Waals surface area contributed by atoms with Gasteiger partial charge in [-0.1, -0.05) is 13.8 Å². The molecule has 0 aromatic carbocycles. The van der Waals surface area contributed by atoms with Gasteiger partial charge < -0.3 is 11.1 Å². The molecule has 1 rings (SSSR count). The molecule has 0 radical (unpaired) electrons. The molecular formula is C9H17Cl2N3OS. The molecule has 0 unspecified atom stereocenters. The molecule has 1 aromatic heterocycles. The predicted octanol–water partition coefficient (Wildman–Crippen LogP) is 1.59. The van der Waals surface area contributed by atoms with Crippen LogP contribution in [-0.2, 0) is 11.3 Å². The number of nitrogens with one attached hydrogen (secondary N) is 1. The van der Waals surface area contributed by atoms with Crippen LogP contribution in [0.4, 0.5) is 0 Å². The quantitative estimate of drug-likeness (QED) is 0.883. The van der Waals surface area contributed by atoms with E-state index in [4.69, 9.17) is 5.73 Å². The molecule has 0 aliphatic rings. The van der Waals surface area contributed by atoms with Gasteiger partial charge in [0.2, 0.25) is 5.91 Å². The van der Waals surface area contributed by atoms with Crippen molar-refractivity contribution in [1.82, 2.24) is 10.3 Å². The Kier molecular flexibility index (Phi) is 9.86. The van der Waals surface area contributed by atoms with Crippen LogP contribution in [0.2, 0.25) is 0 Å². The van der Waals surface area contributed by atoms with Crippen LogP contribution >= 0.6 is 36.2 Å². The highest BCUT2D eigenvalue weighted by Crippen LogP contribution is 2.01. The zero-order valence-corrected chi connectivity index (χ0v) is 11.6. The van der Waals surface area contributed by atoms with Gasteiger partial charge in [0.15, 0.2) is 0 Å². The molecule has 0 aliphatic carbocycles. The first-order valence-corrected chi connectivity index (χ1v) is 5.46. The Balaban J connectivity index is 0. The number of carbonyl (C=O) groups is 1. The van der Waals surface area contributed by atoms with E-state index in [1.807, 2.05) is 19.2 Å². The Morgan fingerprint density at radius 1 is 1.56 bits per heavy atom. The van der Waals surface area contributed by atoms with Crippen LogP contribution in [-0.4, -0.2) is 16.9 Å². The SMILES string of the molecule is CC(C)[C@H](N)C(=O)NCc1cscn1.Cl.Cl. The third-order valence-electron chi connectivity index (χ3n) is 1.95. The minimum atomic E-state index is -0.436. The lowest BCUT2D eigenvalue weighted by Gasteiger charge is -2.14. The van der Waals surface area contributed by atoms with Crippen LogP contribution in [0.15, 0.2) is 10.9 Å². The molecule has 1 amide bonds. The first kappa shape index (κ1) is 18.0. The van der Waals surface area contributed by atoms with E-state index in [-0.39, 0.29) is 36.6 Å². The number of aromatic nitrogens is 1. The number of hydrogen-bond donors (Lipinski definition) is 2. The van der Waals surface area contributed by atoms with Crippen molar-refractivity contribution in [3.8, 4) is 0 Å². The van der Waals surface area contributed by atoms with Crippen molar-refractivity contribution < 1.29 is 4.79 Å². The first-order chi connectivity index (χ1) is 6.61. The summed E-state index contributed by atoms with van der Waals surface area (Å²) in [7, 11) is 0. The molecule has 1 aromatic rings. The van der Waals surface area contributed by atoms with Crippen molar-refractivity contribution in [1.29, 1.82) is 0 Å². The summed E-state index contributed by atoms with van der Waals surface area (Å²) in [4.78, 5) is 15.5. The largest absolute Gasteiger partial charge is 0.349 e. The van der Waals surface area contributed by atoms with Gasteiger partial charge in [-0.2, -0.15) is 0 Å². The van der Waals surface area contributed by atoms with Gasteiger partial charge >= 0.3 is 0 Å². The highest BCUT2D eigenvalue weighted by Gasteiger charge is 2.16. The molecule has 4 nitrogen and oxygen atoms in total. The third-order valence-corrected chi connectivity index (χ3v) is 2.58. The summed E-state index contributed by atoms with van der Waals surface area (Å²) in [6, 6.07) is -0.436. The zero-order valence-electron chi connectivity index (χ0n) is 9.17. The summed E-state index contributed by atoms with van der Waals surface area (Å²) in [5.41, 5.74) is 8.28. The number of thiazole rings is 1. The van der Waals surface area contributed by atoms with E-state index >= 15 is 0 Å². The van der Waals surface area contributed by atoms with Crippen molar-refractivity contribution in [3.63, 3.8) is 0 Å². The Morgan fingerprint density at radius 3 is 2.62 bits per heavy atom. The molecule has 0 spiro atoms. The summed E-state index contributed by atoms with van der Waals surface area (Å²) < 4.78 is 0. The summed E-state index contributed by atoms with van der Waals surface area (Å²) >= 11 is 1.51. The van der Waals surface area contributed by atoms with Crippen molar-refractivity contribution >= 4 is 42.1 Å². The van der Waals surface area contributed by atoms with Gasteiger partial charge in [0, 0.05) is 5.38 Å². The number of nitrogens with two attached hydrogens (primary N) is 1. The van der Waals surface area contributed by atoms with Crippen LogP contribution in [0.25, 0.3) is 0 Å². The fourth-order valence-corrected chi connectivity index (χ4v) is 1.48. The van der Waals surface area contributed by atoms with E-state index in [9.17, 15) is 4.79 Å². The summed E-state index contributed by atoms with van der Waals surface area (Å²) in [5.74, 6) is 0.0402. The second kappa shape index (κ2) is 8.75. The maximum atomic E-state index is 11.4. The van der Waals surface area contributed by atoms with E-state index < -0.39 is 6.04 Å². The monoisotopic (exact) mass is 285 g/mol. The average molecular weight is 286 g/mol. The molecule has 1 heterocycles. The van der Waals surface area contributed by atoms with Crippen molar-refractivity contribution in [2.45, 2.75) is 26.4 Å². The summed E-state index contributed by atoms with van der Waals surface area (Å²) in [6.07, 6.45) is 0. The highest BCUT2D eigenvalue weighted by atomic mass is 35.5. The normalized spacial score (nSPS) is 11.2. The lowest BCUT2D eigenvalue weighted by Crippen LogP contribution is -2.43. The van der Waals surface area contributed by atoms with Gasteiger partial charge in [0.05, 0.1) is 23.8 Å².